The van der Waals surface area contributed by atoms with Gasteiger partial charge in [-0.05, 0) is 30.5 Å². The summed E-state index contributed by atoms with van der Waals surface area (Å²) < 4.78 is 0. The van der Waals surface area contributed by atoms with E-state index in [-0.39, 0.29) is 5.69 Å². The minimum Gasteiger partial charge on any atom is -0.477 e. The lowest BCUT2D eigenvalue weighted by Gasteiger charge is -2.03. The molecule has 2 N–H and O–H groups in total. The van der Waals surface area contributed by atoms with Crippen molar-refractivity contribution < 1.29 is 9.90 Å². The number of carboxylic acids is 1. The number of fused-ring (bicyclic) bond motifs is 1. The van der Waals surface area contributed by atoms with Crippen LogP contribution in [0.25, 0.3) is 22.0 Å². The minimum absolute atomic E-state index is 0.0843. The molecule has 0 saturated carbocycles. The number of hydrogen-bond donors (Lipinski definition) is 2. The average Bonchev–Trinajstić information content (AvgIpc) is 2.88. The van der Waals surface area contributed by atoms with E-state index >= 15 is 0 Å². The molecule has 0 bridgehead atoms. The van der Waals surface area contributed by atoms with Gasteiger partial charge in [0.1, 0.15) is 5.69 Å². The fourth-order valence-corrected chi connectivity index (χ4v) is 2.07. The Kier molecular flexibility index (Phi) is 2.52. The average molecular weight is 253 g/mol. The Morgan fingerprint density at radius 3 is 2.84 bits per heavy atom. The molecule has 3 rings (SSSR count). The quantitative estimate of drug-likeness (QED) is 0.735. The summed E-state index contributed by atoms with van der Waals surface area (Å²) in [6, 6.07) is 9.32. The Hall–Kier alpha value is -2.69. The van der Waals surface area contributed by atoms with Gasteiger partial charge in [0, 0.05) is 22.8 Å². The molecule has 5 heteroatoms. The molecule has 19 heavy (non-hydrogen) atoms. The Labute approximate surface area is 108 Å². The van der Waals surface area contributed by atoms with Gasteiger partial charge in [-0.15, -0.1) is 0 Å². The second-order valence-corrected chi connectivity index (χ2v) is 4.30. The number of hydrogen-bond acceptors (Lipinski definition) is 3. The molecule has 3 aromatic rings. The predicted molar refractivity (Wildman–Crippen MR) is 71.0 cm³/mol. The molecule has 0 radical (unpaired) electrons. The smallest absolute Gasteiger partial charge is 0.353 e. The second-order valence-electron chi connectivity index (χ2n) is 4.30. The standard InChI is InChI=1S/C14H11N3O2/c1-8-11-3-2-10(6-9(11)4-5-15-8)12-7-13(14(18)19)17-16-12/h2-7H,1H3,(H,16,17)(H,18,19). The number of rotatable bonds is 2. The van der Waals surface area contributed by atoms with Crippen molar-refractivity contribution in [3.8, 4) is 11.3 Å². The van der Waals surface area contributed by atoms with Crippen LogP contribution in [0.4, 0.5) is 0 Å². The fourth-order valence-electron chi connectivity index (χ4n) is 2.07. The highest BCUT2D eigenvalue weighted by molar-refractivity contribution is 5.90. The Morgan fingerprint density at radius 2 is 2.11 bits per heavy atom. The summed E-state index contributed by atoms with van der Waals surface area (Å²) in [6.45, 7) is 1.96. The number of aromatic nitrogens is 3. The Morgan fingerprint density at radius 1 is 1.26 bits per heavy atom. The molecule has 0 saturated heterocycles. The lowest BCUT2D eigenvalue weighted by Crippen LogP contribution is -1.95. The number of carbonyl (C=O) groups is 1. The summed E-state index contributed by atoms with van der Waals surface area (Å²) >= 11 is 0. The molecule has 0 aliphatic carbocycles. The van der Waals surface area contributed by atoms with Gasteiger partial charge >= 0.3 is 5.97 Å². The largest absolute Gasteiger partial charge is 0.477 e. The van der Waals surface area contributed by atoms with Gasteiger partial charge in [0.25, 0.3) is 0 Å². The van der Waals surface area contributed by atoms with Gasteiger partial charge in [0.2, 0.25) is 0 Å². The number of pyridine rings is 1. The van der Waals surface area contributed by atoms with Crippen LogP contribution in [0.1, 0.15) is 16.2 Å². The second kappa shape index (κ2) is 4.20. The van der Waals surface area contributed by atoms with E-state index in [0.29, 0.717) is 5.69 Å². The van der Waals surface area contributed by atoms with Crippen LogP contribution in [0.3, 0.4) is 0 Å². The van der Waals surface area contributed by atoms with Gasteiger partial charge in [0.05, 0.1) is 5.69 Å². The lowest BCUT2D eigenvalue weighted by atomic mass is 10.0. The maximum absolute atomic E-state index is 10.8. The van der Waals surface area contributed by atoms with Crippen molar-refractivity contribution >= 4 is 16.7 Å². The molecule has 94 valence electrons. The molecule has 0 fully saturated rings. The van der Waals surface area contributed by atoms with Crippen LogP contribution in [-0.4, -0.2) is 26.3 Å². The Balaban J connectivity index is 2.12. The molecule has 2 aromatic heterocycles. The topological polar surface area (TPSA) is 78.9 Å². The van der Waals surface area contributed by atoms with E-state index in [1.54, 1.807) is 6.20 Å². The summed E-state index contributed by atoms with van der Waals surface area (Å²) in [5, 5.41) is 17.5. The Bertz CT molecular complexity index is 777. The zero-order chi connectivity index (χ0) is 13.4. The molecular formula is C14H11N3O2. The van der Waals surface area contributed by atoms with Crippen LogP contribution in [0, 0.1) is 6.92 Å². The first-order chi connectivity index (χ1) is 9.15. The maximum Gasteiger partial charge on any atom is 0.353 e. The lowest BCUT2D eigenvalue weighted by molar-refractivity contribution is 0.0690. The fraction of sp³-hybridized carbons (Fsp3) is 0.0714. The number of H-pyrrole nitrogens is 1. The molecule has 5 nitrogen and oxygen atoms in total. The normalized spacial score (nSPS) is 10.8. The van der Waals surface area contributed by atoms with Gasteiger partial charge in [0.15, 0.2) is 0 Å². The number of nitrogens with zero attached hydrogens (tertiary/aromatic N) is 2. The van der Waals surface area contributed by atoms with Crippen molar-refractivity contribution in [2.24, 2.45) is 0 Å². The molecule has 2 heterocycles. The zero-order valence-corrected chi connectivity index (χ0v) is 10.2. The summed E-state index contributed by atoms with van der Waals surface area (Å²) in [6.07, 6.45) is 1.76. The molecule has 0 aliphatic rings. The van der Waals surface area contributed by atoms with Gasteiger partial charge in [-0.25, -0.2) is 4.79 Å². The van der Waals surface area contributed by atoms with Crippen LogP contribution >= 0.6 is 0 Å². The summed E-state index contributed by atoms with van der Waals surface area (Å²) in [5.41, 5.74) is 2.55. The van der Waals surface area contributed by atoms with Gasteiger partial charge in [-0.1, -0.05) is 12.1 Å². The van der Waals surface area contributed by atoms with Crippen molar-refractivity contribution in [3.63, 3.8) is 0 Å². The van der Waals surface area contributed by atoms with E-state index in [0.717, 1.165) is 22.0 Å². The molecule has 0 atom stereocenters. The molecular weight excluding hydrogens is 242 g/mol. The van der Waals surface area contributed by atoms with Gasteiger partial charge < -0.3 is 5.11 Å². The van der Waals surface area contributed by atoms with Crippen molar-refractivity contribution in [2.45, 2.75) is 6.92 Å². The zero-order valence-electron chi connectivity index (χ0n) is 10.2. The van der Waals surface area contributed by atoms with Crippen LogP contribution in [0.2, 0.25) is 0 Å². The number of aromatic amines is 1. The SMILES string of the molecule is Cc1nccc2cc(-c3cc(C(=O)O)[nH]n3)ccc12. The highest BCUT2D eigenvalue weighted by Gasteiger charge is 2.09. The van der Waals surface area contributed by atoms with E-state index in [1.807, 2.05) is 31.2 Å². The van der Waals surface area contributed by atoms with Crippen molar-refractivity contribution in [1.82, 2.24) is 15.2 Å². The first kappa shape index (κ1) is 11.4. The molecule has 0 unspecified atom stereocenters. The van der Waals surface area contributed by atoms with E-state index in [2.05, 4.69) is 15.2 Å². The van der Waals surface area contributed by atoms with E-state index < -0.39 is 5.97 Å². The van der Waals surface area contributed by atoms with E-state index in [1.165, 1.54) is 6.07 Å². The van der Waals surface area contributed by atoms with Gasteiger partial charge in [-0.3, -0.25) is 10.1 Å². The number of aromatic carboxylic acids is 1. The third-order valence-corrected chi connectivity index (χ3v) is 3.07. The monoisotopic (exact) mass is 253 g/mol. The van der Waals surface area contributed by atoms with Crippen LogP contribution < -0.4 is 0 Å². The maximum atomic E-state index is 10.8. The highest BCUT2D eigenvalue weighted by Crippen LogP contribution is 2.24. The van der Waals surface area contributed by atoms with Crippen molar-refractivity contribution in [3.05, 3.63) is 47.9 Å². The molecule has 0 aliphatic heterocycles. The van der Waals surface area contributed by atoms with Crippen molar-refractivity contribution in [2.75, 3.05) is 0 Å². The van der Waals surface area contributed by atoms with E-state index in [4.69, 9.17) is 5.11 Å². The van der Waals surface area contributed by atoms with Crippen LogP contribution in [0.15, 0.2) is 36.5 Å². The highest BCUT2D eigenvalue weighted by atomic mass is 16.4. The molecule has 1 aromatic carbocycles. The van der Waals surface area contributed by atoms with Gasteiger partial charge in [-0.2, -0.15) is 5.10 Å². The molecule has 0 amide bonds. The number of aryl methyl sites for hydroxylation is 1. The van der Waals surface area contributed by atoms with E-state index in [9.17, 15) is 4.79 Å². The third-order valence-electron chi connectivity index (χ3n) is 3.07. The predicted octanol–water partition coefficient (Wildman–Crippen LogP) is 2.63. The number of nitrogens with one attached hydrogen (secondary N) is 1. The van der Waals surface area contributed by atoms with Crippen LogP contribution in [-0.2, 0) is 0 Å². The summed E-state index contributed by atoms with van der Waals surface area (Å²) in [5.74, 6) is -1.01. The van der Waals surface area contributed by atoms with Crippen LogP contribution in [0.5, 0.6) is 0 Å². The summed E-state index contributed by atoms with van der Waals surface area (Å²) in [7, 11) is 0. The first-order valence-corrected chi connectivity index (χ1v) is 5.79. The summed E-state index contributed by atoms with van der Waals surface area (Å²) in [4.78, 5) is 15.1. The minimum atomic E-state index is -1.01. The number of carboxylic acid groups (broad SMARTS) is 1. The number of benzene rings is 1. The first-order valence-electron chi connectivity index (χ1n) is 5.79. The van der Waals surface area contributed by atoms with Crippen molar-refractivity contribution in [1.29, 1.82) is 0 Å². The molecule has 0 spiro atoms. The third kappa shape index (κ3) is 1.95.